The summed E-state index contributed by atoms with van der Waals surface area (Å²) < 4.78 is 0. The van der Waals surface area contributed by atoms with Crippen molar-refractivity contribution in [3.63, 3.8) is 0 Å². The molecule has 0 amide bonds. The van der Waals surface area contributed by atoms with E-state index in [0.717, 1.165) is 22.5 Å². The Labute approximate surface area is 194 Å². The Morgan fingerprint density at radius 3 is 1.85 bits per heavy atom. The molecule has 0 unspecified atom stereocenters. The van der Waals surface area contributed by atoms with E-state index in [2.05, 4.69) is 102 Å². The lowest BCUT2D eigenvalue weighted by Gasteiger charge is -2.16. The van der Waals surface area contributed by atoms with E-state index >= 15 is 0 Å². The van der Waals surface area contributed by atoms with Crippen LogP contribution in [0.2, 0.25) is 0 Å². The first kappa shape index (κ1) is 20.8. The van der Waals surface area contributed by atoms with E-state index in [-0.39, 0.29) is 0 Å². The first-order valence-electron chi connectivity index (χ1n) is 11.1. The monoisotopic (exact) mass is 427 g/mol. The van der Waals surface area contributed by atoms with E-state index < -0.39 is 0 Å². The highest BCUT2D eigenvalue weighted by atomic mass is 14.8. The van der Waals surface area contributed by atoms with E-state index in [1.54, 1.807) is 18.6 Å². The highest BCUT2D eigenvalue weighted by Crippen LogP contribution is 2.35. The topological polar surface area (TPSA) is 38.7 Å². The third-order valence-electron chi connectivity index (χ3n) is 6.05. The van der Waals surface area contributed by atoms with Gasteiger partial charge in [-0.3, -0.25) is 15.0 Å². The summed E-state index contributed by atoms with van der Waals surface area (Å²) in [5.41, 5.74) is 12.7. The van der Waals surface area contributed by atoms with Gasteiger partial charge in [-0.2, -0.15) is 0 Å². The Balaban J connectivity index is 1.52. The third kappa shape index (κ3) is 4.18. The fourth-order valence-corrected chi connectivity index (χ4v) is 4.40. The predicted octanol–water partition coefficient (Wildman–Crippen LogP) is 7.46. The average molecular weight is 428 g/mol. The van der Waals surface area contributed by atoms with Crippen LogP contribution < -0.4 is 0 Å². The lowest BCUT2D eigenvalue weighted by molar-refractivity contribution is 1.21. The Bertz CT molecular complexity index is 1380. The van der Waals surface area contributed by atoms with Crippen molar-refractivity contribution in [3.8, 4) is 44.8 Å². The van der Waals surface area contributed by atoms with Crippen LogP contribution in [0, 0.1) is 20.8 Å². The van der Waals surface area contributed by atoms with Crippen molar-refractivity contribution in [1.82, 2.24) is 15.0 Å². The van der Waals surface area contributed by atoms with Crippen LogP contribution in [0.1, 0.15) is 16.7 Å². The highest BCUT2D eigenvalue weighted by molar-refractivity contribution is 5.81. The second kappa shape index (κ2) is 8.79. The van der Waals surface area contributed by atoms with Gasteiger partial charge < -0.3 is 0 Å². The van der Waals surface area contributed by atoms with Crippen LogP contribution in [-0.2, 0) is 0 Å². The van der Waals surface area contributed by atoms with Crippen molar-refractivity contribution in [3.05, 3.63) is 114 Å². The Kier molecular flexibility index (Phi) is 5.54. The van der Waals surface area contributed by atoms with E-state index in [0.29, 0.717) is 0 Å². The summed E-state index contributed by atoms with van der Waals surface area (Å²) in [5, 5.41) is 0. The molecular formula is C30H25N3. The highest BCUT2D eigenvalue weighted by Gasteiger charge is 2.13. The van der Waals surface area contributed by atoms with E-state index in [1.165, 1.54) is 38.9 Å². The molecule has 33 heavy (non-hydrogen) atoms. The predicted molar refractivity (Wildman–Crippen MR) is 136 cm³/mol. The molecule has 0 bridgehead atoms. The molecule has 5 rings (SSSR count). The van der Waals surface area contributed by atoms with Gasteiger partial charge in [-0.15, -0.1) is 0 Å². The standard InChI is InChI=1S/C30H25N3/c1-20-15-26(23-9-11-25(12-10-23)29-19-31-13-14-32-29)16-21(2)30(20)27-17-28(33-18-22(27)3)24-7-5-4-6-8-24/h4-19H,1-3H3. The van der Waals surface area contributed by atoms with Crippen molar-refractivity contribution in [1.29, 1.82) is 0 Å². The molecule has 3 aromatic carbocycles. The minimum absolute atomic E-state index is 0.883. The number of aryl methyl sites for hydroxylation is 3. The second-order valence-electron chi connectivity index (χ2n) is 8.40. The van der Waals surface area contributed by atoms with Crippen LogP contribution in [-0.4, -0.2) is 15.0 Å². The van der Waals surface area contributed by atoms with Gasteiger partial charge in [-0.05, 0) is 65.8 Å². The van der Waals surface area contributed by atoms with Crippen molar-refractivity contribution in [2.45, 2.75) is 20.8 Å². The van der Waals surface area contributed by atoms with Crippen LogP contribution in [0.25, 0.3) is 44.8 Å². The summed E-state index contributed by atoms with van der Waals surface area (Å²) in [6.07, 6.45) is 7.19. The molecule has 3 heteroatoms. The minimum atomic E-state index is 0.883. The number of benzene rings is 3. The quantitative estimate of drug-likeness (QED) is 0.299. The Morgan fingerprint density at radius 2 is 1.18 bits per heavy atom. The van der Waals surface area contributed by atoms with Gasteiger partial charge in [0.15, 0.2) is 0 Å². The van der Waals surface area contributed by atoms with Gasteiger partial charge >= 0.3 is 0 Å². The SMILES string of the molecule is Cc1cnc(-c2ccccc2)cc1-c1c(C)cc(-c2ccc(-c3cnccn3)cc2)cc1C. The van der Waals surface area contributed by atoms with Crippen LogP contribution in [0.15, 0.2) is 97.6 Å². The van der Waals surface area contributed by atoms with Crippen molar-refractivity contribution in [2.75, 3.05) is 0 Å². The summed E-state index contributed by atoms with van der Waals surface area (Å²) in [6, 6.07) is 25.7. The number of hydrogen-bond donors (Lipinski definition) is 0. The maximum Gasteiger partial charge on any atom is 0.0885 e. The molecule has 0 aliphatic heterocycles. The minimum Gasteiger partial charge on any atom is -0.261 e. The van der Waals surface area contributed by atoms with Crippen LogP contribution in [0.4, 0.5) is 0 Å². The van der Waals surface area contributed by atoms with Gasteiger partial charge in [0.05, 0.1) is 17.6 Å². The molecular weight excluding hydrogens is 402 g/mol. The first-order chi connectivity index (χ1) is 16.1. The second-order valence-corrected chi connectivity index (χ2v) is 8.40. The Hall–Kier alpha value is -4.11. The zero-order chi connectivity index (χ0) is 22.8. The molecule has 3 nitrogen and oxygen atoms in total. The summed E-state index contributed by atoms with van der Waals surface area (Å²) in [5.74, 6) is 0. The molecule has 0 aliphatic carbocycles. The molecule has 0 aliphatic rings. The zero-order valence-electron chi connectivity index (χ0n) is 19.1. The largest absolute Gasteiger partial charge is 0.261 e. The maximum absolute atomic E-state index is 4.68. The number of nitrogens with zero attached hydrogens (tertiary/aromatic N) is 3. The number of rotatable bonds is 4. The van der Waals surface area contributed by atoms with Gasteiger partial charge in [0.25, 0.3) is 0 Å². The van der Waals surface area contributed by atoms with Crippen molar-refractivity contribution >= 4 is 0 Å². The molecule has 2 aromatic heterocycles. The van der Waals surface area contributed by atoms with Crippen LogP contribution in [0.3, 0.4) is 0 Å². The molecule has 5 aromatic rings. The first-order valence-corrected chi connectivity index (χ1v) is 11.1. The summed E-state index contributed by atoms with van der Waals surface area (Å²) in [6.45, 7) is 6.53. The normalized spacial score (nSPS) is 10.9. The van der Waals surface area contributed by atoms with Gasteiger partial charge in [0, 0.05) is 29.7 Å². The lowest BCUT2D eigenvalue weighted by atomic mass is 9.89. The fourth-order valence-electron chi connectivity index (χ4n) is 4.40. The van der Waals surface area contributed by atoms with Gasteiger partial charge in [-0.1, -0.05) is 66.7 Å². The number of pyridine rings is 1. The molecule has 0 spiro atoms. The molecule has 0 fully saturated rings. The van der Waals surface area contributed by atoms with Crippen molar-refractivity contribution < 1.29 is 0 Å². The Morgan fingerprint density at radius 1 is 0.515 bits per heavy atom. The van der Waals surface area contributed by atoms with E-state index in [4.69, 9.17) is 0 Å². The van der Waals surface area contributed by atoms with Gasteiger partial charge in [0.2, 0.25) is 0 Å². The number of aromatic nitrogens is 3. The third-order valence-corrected chi connectivity index (χ3v) is 6.05. The van der Waals surface area contributed by atoms with Crippen LogP contribution in [0.5, 0.6) is 0 Å². The summed E-state index contributed by atoms with van der Waals surface area (Å²) >= 11 is 0. The molecule has 0 N–H and O–H groups in total. The molecule has 0 saturated carbocycles. The molecule has 0 atom stereocenters. The lowest BCUT2D eigenvalue weighted by Crippen LogP contribution is -1.95. The summed E-state index contributed by atoms with van der Waals surface area (Å²) in [4.78, 5) is 13.2. The number of hydrogen-bond acceptors (Lipinski definition) is 3. The fraction of sp³-hybridized carbons (Fsp3) is 0.100. The summed E-state index contributed by atoms with van der Waals surface area (Å²) in [7, 11) is 0. The molecule has 2 heterocycles. The van der Waals surface area contributed by atoms with Gasteiger partial charge in [-0.25, -0.2) is 0 Å². The van der Waals surface area contributed by atoms with Crippen LogP contribution >= 0.6 is 0 Å². The van der Waals surface area contributed by atoms with E-state index in [1.807, 2.05) is 12.3 Å². The zero-order valence-corrected chi connectivity index (χ0v) is 19.1. The molecule has 160 valence electrons. The maximum atomic E-state index is 4.68. The smallest absolute Gasteiger partial charge is 0.0885 e. The van der Waals surface area contributed by atoms with E-state index in [9.17, 15) is 0 Å². The molecule has 0 radical (unpaired) electrons. The average Bonchev–Trinajstić information content (AvgIpc) is 2.86. The van der Waals surface area contributed by atoms with Crippen molar-refractivity contribution in [2.24, 2.45) is 0 Å². The molecule has 0 saturated heterocycles. The van der Waals surface area contributed by atoms with Gasteiger partial charge in [0.1, 0.15) is 0 Å².